The average molecular weight is 510 g/mol. The summed E-state index contributed by atoms with van der Waals surface area (Å²) in [4.78, 5) is 40.2. The highest BCUT2D eigenvalue weighted by Crippen LogP contribution is 2.27. The lowest BCUT2D eigenvalue weighted by Gasteiger charge is -2.32. The second-order valence-corrected chi connectivity index (χ2v) is 10.3. The van der Waals surface area contributed by atoms with Crippen LogP contribution in [-0.2, 0) is 20.9 Å². The Labute approximate surface area is 216 Å². The number of nitrogens with zero attached hydrogens (tertiary/aromatic N) is 5. The van der Waals surface area contributed by atoms with Crippen molar-refractivity contribution in [2.45, 2.75) is 58.8 Å². The molecular formula is C26H35N7O4. The van der Waals surface area contributed by atoms with E-state index in [9.17, 15) is 9.59 Å². The predicted octanol–water partition coefficient (Wildman–Crippen LogP) is 2.95. The number of carbonyl (C=O) groups is 2. The van der Waals surface area contributed by atoms with Gasteiger partial charge in [0.15, 0.2) is 17.0 Å². The third-order valence-electron chi connectivity index (χ3n) is 6.21. The van der Waals surface area contributed by atoms with E-state index in [0.717, 1.165) is 48.5 Å². The van der Waals surface area contributed by atoms with Crippen LogP contribution in [0.1, 0.15) is 46.1 Å². The SMILES string of the molecule is C[C@H](NC(=O)OCc1cccc(-n2cnc3c(N4CCC(CN)CC4)ncnc32)c1)C(=O)OC(C)(C)C. The second kappa shape index (κ2) is 11.1. The molecule has 1 fully saturated rings. The molecule has 4 rings (SSSR count). The van der Waals surface area contributed by atoms with E-state index in [2.05, 4.69) is 25.2 Å². The zero-order valence-electron chi connectivity index (χ0n) is 21.8. The van der Waals surface area contributed by atoms with Crippen LogP contribution in [0.15, 0.2) is 36.9 Å². The Bertz CT molecular complexity index is 1250. The number of amides is 1. The zero-order chi connectivity index (χ0) is 26.6. The molecule has 0 aliphatic carbocycles. The molecule has 3 N–H and O–H groups in total. The fourth-order valence-corrected chi connectivity index (χ4v) is 4.24. The molecule has 2 aromatic heterocycles. The molecule has 1 atom stereocenters. The number of hydrogen-bond acceptors (Lipinski definition) is 9. The summed E-state index contributed by atoms with van der Waals surface area (Å²) in [6.45, 7) is 9.38. The zero-order valence-corrected chi connectivity index (χ0v) is 21.8. The van der Waals surface area contributed by atoms with Crippen LogP contribution in [-0.4, -0.2) is 62.9 Å². The molecule has 198 valence electrons. The Balaban J connectivity index is 1.42. The molecule has 0 bridgehead atoms. The summed E-state index contributed by atoms with van der Waals surface area (Å²) in [7, 11) is 0. The lowest BCUT2D eigenvalue weighted by atomic mass is 9.97. The minimum Gasteiger partial charge on any atom is -0.458 e. The van der Waals surface area contributed by atoms with E-state index in [1.54, 1.807) is 40.3 Å². The van der Waals surface area contributed by atoms with Gasteiger partial charge in [0.25, 0.3) is 0 Å². The number of anilines is 1. The molecule has 37 heavy (non-hydrogen) atoms. The maximum absolute atomic E-state index is 12.2. The summed E-state index contributed by atoms with van der Waals surface area (Å²) in [5, 5.41) is 2.50. The molecule has 3 aromatic rings. The largest absolute Gasteiger partial charge is 0.458 e. The van der Waals surface area contributed by atoms with E-state index in [-0.39, 0.29) is 6.61 Å². The van der Waals surface area contributed by atoms with Gasteiger partial charge in [-0.05, 0) is 70.7 Å². The molecule has 11 heteroatoms. The molecule has 0 unspecified atom stereocenters. The normalized spacial score (nSPS) is 15.4. The van der Waals surface area contributed by atoms with Gasteiger partial charge in [0.05, 0.1) is 0 Å². The molecular weight excluding hydrogens is 474 g/mol. The van der Waals surface area contributed by atoms with Crippen molar-refractivity contribution in [2.24, 2.45) is 11.7 Å². The van der Waals surface area contributed by atoms with Crippen molar-refractivity contribution in [3.05, 3.63) is 42.5 Å². The number of alkyl carbamates (subject to hydrolysis) is 1. The minimum absolute atomic E-state index is 0.0314. The Morgan fingerprint density at radius 2 is 1.95 bits per heavy atom. The molecule has 3 heterocycles. The van der Waals surface area contributed by atoms with Crippen LogP contribution in [0.2, 0.25) is 0 Å². The fourth-order valence-electron chi connectivity index (χ4n) is 4.24. The van der Waals surface area contributed by atoms with Crippen LogP contribution in [0, 0.1) is 5.92 Å². The van der Waals surface area contributed by atoms with Gasteiger partial charge < -0.3 is 25.4 Å². The van der Waals surface area contributed by atoms with Crippen molar-refractivity contribution >= 4 is 29.0 Å². The third-order valence-corrected chi connectivity index (χ3v) is 6.21. The first kappa shape index (κ1) is 26.3. The summed E-state index contributed by atoms with van der Waals surface area (Å²) >= 11 is 0. The molecule has 1 aliphatic rings. The van der Waals surface area contributed by atoms with E-state index in [4.69, 9.17) is 15.2 Å². The minimum atomic E-state index is -0.828. The number of rotatable bonds is 7. The van der Waals surface area contributed by atoms with Crippen molar-refractivity contribution < 1.29 is 19.1 Å². The van der Waals surface area contributed by atoms with Crippen molar-refractivity contribution in [2.75, 3.05) is 24.5 Å². The number of esters is 1. The summed E-state index contributed by atoms with van der Waals surface area (Å²) in [6, 6.07) is 6.74. The number of carbonyl (C=O) groups excluding carboxylic acids is 2. The van der Waals surface area contributed by atoms with Crippen LogP contribution in [0.4, 0.5) is 10.6 Å². The molecule has 1 aromatic carbocycles. The lowest BCUT2D eigenvalue weighted by molar-refractivity contribution is -0.156. The van der Waals surface area contributed by atoms with Crippen LogP contribution < -0.4 is 16.0 Å². The topological polar surface area (TPSA) is 137 Å². The predicted molar refractivity (Wildman–Crippen MR) is 139 cm³/mol. The quantitative estimate of drug-likeness (QED) is 0.460. The second-order valence-electron chi connectivity index (χ2n) is 10.3. The van der Waals surface area contributed by atoms with Crippen molar-refractivity contribution in [3.8, 4) is 5.69 Å². The highest BCUT2D eigenvalue weighted by atomic mass is 16.6. The summed E-state index contributed by atoms with van der Waals surface area (Å²) in [5.41, 5.74) is 8.25. The van der Waals surface area contributed by atoms with Crippen molar-refractivity contribution in [3.63, 3.8) is 0 Å². The van der Waals surface area contributed by atoms with Gasteiger partial charge in [0, 0.05) is 18.8 Å². The molecule has 1 amide bonds. The Morgan fingerprint density at radius 3 is 2.65 bits per heavy atom. The van der Waals surface area contributed by atoms with Gasteiger partial charge in [0.1, 0.15) is 30.9 Å². The van der Waals surface area contributed by atoms with E-state index in [0.29, 0.717) is 18.1 Å². The first-order valence-corrected chi connectivity index (χ1v) is 12.5. The van der Waals surface area contributed by atoms with Gasteiger partial charge in [-0.1, -0.05) is 12.1 Å². The number of piperidine rings is 1. The van der Waals surface area contributed by atoms with Crippen molar-refractivity contribution in [1.82, 2.24) is 24.8 Å². The average Bonchev–Trinajstić information content (AvgIpc) is 3.31. The number of benzene rings is 1. The number of imidazole rings is 1. The van der Waals surface area contributed by atoms with Crippen LogP contribution in [0.25, 0.3) is 16.9 Å². The van der Waals surface area contributed by atoms with E-state index >= 15 is 0 Å². The number of aromatic nitrogens is 4. The lowest BCUT2D eigenvalue weighted by Crippen LogP contribution is -2.42. The van der Waals surface area contributed by atoms with Crippen LogP contribution in [0.5, 0.6) is 0 Å². The van der Waals surface area contributed by atoms with Gasteiger partial charge in [-0.15, -0.1) is 0 Å². The van der Waals surface area contributed by atoms with Gasteiger partial charge >= 0.3 is 12.1 Å². The number of fused-ring (bicyclic) bond motifs is 1. The molecule has 11 nitrogen and oxygen atoms in total. The van der Waals surface area contributed by atoms with E-state index < -0.39 is 23.7 Å². The third kappa shape index (κ3) is 6.53. The standard InChI is InChI=1S/C26H35N7O4/c1-17(24(34)37-26(2,3)4)31-25(35)36-14-19-6-5-7-20(12-19)33-16-30-21-22(28-15-29-23(21)33)32-10-8-18(13-27)9-11-32/h5-7,12,15-18H,8-11,13-14,27H2,1-4H3,(H,31,35)/t17-/m0/s1. The first-order chi connectivity index (χ1) is 17.6. The summed E-state index contributed by atoms with van der Waals surface area (Å²) in [5.74, 6) is 0.858. The smallest absolute Gasteiger partial charge is 0.408 e. The van der Waals surface area contributed by atoms with E-state index in [1.807, 2.05) is 28.8 Å². The Kier molecular flexibility index (Phi) is 7.91. The first-order valence-electron chi connectivity index (χ1n) is 12.5. The van der Waals surface area contributed by atoms with Gasteiger partial charge in [0.2, 0.25) is 0 Å². The maximum Gasteiger partial charge on any atom is 0.408 e. The fraction of sp³-hybridized carbons (Fsp3) is 0.500. The number of nitrogens with two attached hydrogens (primary N) is 1. The molecule has 0 spiro atoms. The summed E-state index contributed by atoms with van der Waals surface area (Å²) < 4.78 is 12.5. The highest BCUT2D eigenvalue weighted by Gasteiger charge is 2.24. The Hall–Kier alpha value is -3.73. The van der Waals surface area contributed by atoms with Gasteiger partial charge in [-0.2, -0.15) is 0 Å². The maximum atomic E-state index is 12.2. The molecule has 1 saturated heterocycles. The molecule has 0 saturated carbocycles. The van der Waals surface area contributed by atoms with Crippen LogP contribution in [0.3, 0.4) is 0 Å². The van der Waals surface area contributed by atoms with Gasteiger partial charge in [-0.3, -0.25) is 4.57 Å². The number of nitrogens with one attached hydrogen (secondary N) is 1. The summed E-state index contributed by atoms with van der Waals surface area (Å²) in [6.07, 6.45) is 4.66. The molecule has 1 aliphatic heterocycles. The highest BCUT2D eigenvalue weighted by molar-refractivity contribution is 5.84. The monoisotopic (exact) mass is 509 g/mol. The van der Waals surface area contributed by atoms with E-state index in [1.165, 1.54) is 0 Å². The number of ether oxygens (including phenoxy) is 2. The van der Waals surface area contributed by atoms with Gasteiger partial charge in [-0.25, -0.2) is 24.5 Å². The number of hydrogen-bond donors (Lipinski definition) is 2. The van der Waals surface area contributed by atoms with Crippen LogP contribution >= 0.6 is 0 Å². The Morgan fingerprint density at radius 1 is 1.19 bits per heavy atom. The molecule has 0 radical (unpaired) electrons. The van der Waals surface area contributed by atoms with Crippen molar-refractivity contribution in [1.29, 1.82) is 0 Å².